The summed E-state index contributed by atoms with van der Waals surface area (Å²) >= 11 is 2.98. The van der Waals surface area contributed by atoms with Crippen LogP contribution >= 0.6 is 15.9 Å². The Labute approximate surface area is 114 Å². The van der Waals surface area contributed by atoms with Crippen molar-refractivity contribution in [1.82, 2.24) is 0 Å². The molecule has 1 aromatic rings. The average molecular weight is 317 g/mol. The molecule has 1 aliphatic rings. The molecule has 0 radical (unpaired) electrons. The zero-order valence-corrected chi connectivity index (χ0v) is 12.4. The van der Waals surface area contributed by atoms with Gasteiger partial charge in [-0.15, -0.1) is 0 Å². The Hall–Kier alpha value is -0.770. The van der Waals surface area contributed by atoms with Crippen LogP contribution in [0.1, 0.15) is 38.1 Å². The zero-order valence-electron chi connectivity index (χ0n) is 10.8. The minimum Gasteiger partial charge on any atom is -0.294 e. The molecule has 4 heteroatoms. The fraction of sp³-hybridized carbons (Fsp3) is 0.500. The topological polar surface area (TPSA) is 17.1 Å². The molecule has 0 heterocycles. The Morgan fingerprint density at radius 1 is 1.17 bits per heavy atom. The van der Waals surface area contributed by atoms with Crippen LogP contribution < -0.4 is 0 Å². The maximum Gasteiger partial charge on any atom is 0.173 e. The van der Waals surface area contributed by atoms with Crippen LogP contribution in [0.5, 0.6) is 0 Å². The Bertz CT molecular complexity index is 521. The third-order valence-corrected chi connectivity index (χ3v) is 5.19. The quantitative estimate of drug-likeness (QED) is 0.576. The Morgan fingerprint density at radius 2 is 1.67 bits per heavy atom. The molecule has 98 valence electrons. The van der Waals surface area contributed by atoms with Crippen molar-refractivity contribution in [2.75, 3.05) is 0 Å². The van der Waals surface area contributed by atoms with E-state index >= 15 is 0 Å². The van der Waals surface area contributed by atoms with E-state index in [9.17, 15) is 13.6 Å². The van der Waals surface area contributed by atoms with Gasteiger partial charge in [-0.05, 0) is 38.9 Å². The van der Waals surface area contributed by atoms with E-state index in [2.05, 4.69) is 15.9 Å². The number of hydrogen-bond acceptors (Lipinski definition) is 1. The molecule has 0 aliphatic heterocycles. The monoisotopic (exact) mass is 316 g/mol. The summed E-state index contributed by atoms with van der Waals surface area (Å²) in [6, 6.07) is 2.38. The molecule has 1 fully saturated rings. The summed E-state index contributed by atoms with van der Waals surface area (Å²) in [6.45, 7) is 7.79. The summed E-state index contributed by atoms with van der Waals surface area (Å²) in [7, 11) is 0. The lowest BCUT2D eigenvalue weighted by atomic mass is 10.0. The number of ketones is 1. The second kappa shape index (κ2) is 3.86. The van der Waals surface area contributed by atoms with E-state index < -0.39 is 23.0 Å². The van der Waals surface area contributed by atoms with Crippen molar-refractivity contribution in [2.24, 2.45) is 16.7 Å². The largest absolute Gasteiger partial charge is 0.294 e. The standard InChI is InChI=1S/C14H15BrF2O/c1-13(2)12(14(13,3)4)11(18)9-8(16)6-5-7(15)10(9)17/h5-6,12H,1-4H3. The van der Waals surface area contributed by atoms with Gasteiger partial charge in [0.1, 0.15) is 5.82 Å². The highest BCUT2D eigenvalue weighted by molar-refractivity contribution is 9.10. The first-order valence-electron chi connectivity index (χ1n) is 5.80. The van der Waals surface area contributed by atoms with Crippen LogP contribution in [0.25, 0.3) is 0 Å². The lowest BCUT2D eigenvalue weighted by molar-refractivity contribution is 0.0936. The second-order valence-corrected chi connectivity index (χ2v) is 6.81. The molecule has 0 bridgehead atoms. The van der Waals surface area contributed by atoms with Gasteiger partial charge in [0.25, 0.3) is 0 Å². The Balaban J connectivity index is 2.47. The summed E-state index contributed by atoms with van der Waals surface area (Å²) < 4.78 is 27.7. The van der Waals surface area contributed by atoms with Gasteiger partial charge in [0.2, 0.25) is 0 Å². The minimum absolute atomic E-state index is 0.114. The van der Waals surface area contributed by atoms with Crippen LogP contribution in [-0.4, -0.2) is 5.78 Å². The predicted molar refractivity (Wildman–Crippen MR) is 69.4 cm³/mol. The normalized spacial score (nSPS) is 20.8. The van der Waals surface area contributed by atoms with Gasteiger partial charge in [-0.2, -0.15) is 0 Å². The van der Waals surface area contributed by atoms with Crippen molar-refractivity contribution in [3.63, 3.8) is 0 Å². The van der Waals surface area contributed by atoms with Crippen molar-refractivity contribution in [3.05, 3.63) is 33.8 Å². The van der Waals surface area contributed by atoms with Crippen LogP contribution in [0, 0.1) is 28.4 Å². The van der Waals surface area contributed by atoms with Crippen LogP contribution in [0.4, 0.5) is 8.78 Å². The molecule has 0 saturated heterocycles. The molecule has 1 saturated carbocycles. The number of halogens is 3. The van der Waals surface area contributed by atoms with E-state index in [1.807, 2.05) is 27.7 Å². The fourth-order valence-corrected chi connectivity index (χ4v) is 3.08. The Kier molecular flexibility index (Phi) is 2.93. The summed E-state index contributed by atoms with van der Waals surface area (Å²) in [4.78, 5) is 12.3. The molecule has 0 unspecified atom stereocenters. The van der Waals surface area contributed by atoms with Gasteiger partial charge in [0.15, 0.2) is 11.6 Å². The molecule has 0 spiro atoms. The first-order valence-corrected chi connectivity index (χ1v) is 6.59. The first kappa shape index (κ1) is 13.7. The highest BCUT2D eigenvalue weighted by Crippen LogP contribution is 2.69. The lowest BCUT2D eigenvalue weighted by Crippen LogP contribution is -2.12. The van der Waals surface area contributed by atoms with Crippen LogP contribution in [-0.2, 0) is 0 Å². The summed E-state index contributed by atoms with van der Waals surface area (Å²) in [6.07, 6.45) is 0. The zero-order chi connectivity index (χ0) is 13.9. The number of hydrogen-bond donors (Lipinski definition) is 0. The molecule has 0 N–H and O–H groups in total. The molecule has 1 nitrogen and oxygen atoms in total. The molecule has 1 aromatic carbocycles. The smallest absolute Gasteiger partial charge is 0.173 e. The van der Waals surface area contributed by atoms with Crippen molar-refractivity contribution < 1.29 is 13.6 Å². The van der Waals surface area contributed by atoms with Gasteiger partial charge in [-0.3, -0.25) is 4.79 Å². The van der Waals surface area contributed by atoms with Crippen LogP contribution in [0.15, 0.2) is 16.6 Å². The van der Waals surface area contributed by atoms with Crippen molar-refractivity contribution in [1.29, 1.82) is 0 Å². The molecular formula is C14H15BrF2O. The Morgan fingerprint density at radius 3 is 2.11 bits per heavy atom. The highest BCUT2D eigenvalue weighted by atomic mass is 79.9. The molecular weight excluding hydrogens is 302 g/mol. The van der Waals surface area contributed by atoms with Crippen LogP contribution in [0.2, 0.25) is 0 Å². The van der Waals surface area contributed by atoms with Crippen molar-refractivity contribution >= 4 is 21.7 Å². The lowest BCUT2D eigenvalue weighted by Gasteiger charge is -2.07. The van der Waals surface area contributed by atoms with E-state index in [0.717, 1.165) is 6.07 Å². The highest BCUT2D eigenvalue weighted by Gasteiger charge is 2.68. The van der Waals surface area contributed by atoms with E-state index in [4.69, 9.17) is 0 Å². The average Bonchev–Trinajstić information content (AvgIpc) is 2.64. The number of Topliss-reactive ketones (excluding diaryl/α,β-unsaturated/α-hetero) is 1. The van der Waals surface area contributed by atoms with Crippen molar-refractivity contribution in [3.8, 4) is 0 Å². The van der Waals surface area contributed by atoms with Gasteiger partial charge >= 0.3 is 0 Å². The second-order valence-electron chi connectivity index (χ2n) is 5.96. The molecule has 2 rings (SSSR count). The van der Waals surface area contributed by atoms with E-state index in [1.54, 1.807) is 0 Å². The molecule has 0 atom stereocenters. The maximum atomic E-state index is 13.9. The van der Waals surface area contributed by atoms with Gasteiger partial charge < -0.3 is 0 Å². The summed E-state index contributed by atoms with van der Waals surface area (Å²) in [5.41, 5.74) is -0.885. The summed E-state index contributed by atoms with van der Waals surface area (Å²) in [5, 5.41) is 0. The first-order chi connectivity index (χ1) is 8.12. The van der Waals surface area contributed by atoms with Gasteiger partial charge in [-0.1, -0.05) is 27.7 Å². The van der Waals surface area contributed by atoms with Gasteiger partial charge in [0, 0.05) is 5.92 Å². The maximum absolute atomic E-state index is 13.9. The molecule has 1 aliphatic carbocycles. The number of carbonyl (C=O) groups is 1. The van der Waals surface area contributed by atoms with E-state index in [0.29, 0.717) is 0 Å². The minimum atomic E-state index is -0.807. The summed E-state index contributed by atoms with van der Waals surface area (Å²) in [5.74, 6) is -2.39. The third-order valence-electron chi connectivity index (χ3n) is 4.57. The van der Waals surface area contributed by atoms with Gasteiger partial charge in [-0.25, -0.2) is 8.78 Å². The number of rotatable bonds is 2. The number of carbonyl (C=O) groups excluding carboxylic acids is 1. The SMILES string of the molecule is CC1(C)C(C(=O)c2c(F)ccc(Br)c2F)C1(C)C. The van der Waals surface area contributed by atoms with E-state index in [1.165, 1.54) is 6.07 Å². The van der Waals surface area contributed by atoms with E-state index in [-0.39, 0.29) is 21.2 Å². The third kappa shape index (κ3) is 1.65. The predicted octanol–water partition coefficient (Wildman–Crippen LogP) is 4.59. The van der Waals surface area contributed by atoms with Crippen LogP contribution in [0.3, 0.4) is 0 Å². The molecule has 18 heavy (non-hydrogen) atoms. The molecule has 0 amide bonds. The van der Waals surface area contributed by atoms with Crippen molar-refractivity contribution in [2.45, 2.75) is 27.7 Å². The number of benzene rings is 1. The fourth-order valence-electron chi connectivity index (χ4n) is 2.75. The molecule has 0 aromatic heterocycles. The van der Waals surface area contributed by atoms with Gasteiger partial charge in [0.05, 0.1) is 10.0 Å².